The molecule has 0 fully saturated rings. The van der Waals surface area contributed by atoms with Crippen LogP contribution in [0, 0.1) is 11.6 Å². The number of nitrogens with zero attached hydrogens (tertiary/aromatic N) is 2. The minimum absolute atomic E-state index is 0.144. The van der Waals surface area contributed by atoms with E-state index in [-0.39, 0.29) is 17.4 Å². The second-order valence-electron chi connectivity index (χ2n) is 4.75. The Morgan fingerprint density at radius 1 is 1.00 bits per heavy atom. The summed E-state index contributed by atoms with van der Waals surface area (Å²) in [6.07, 6.45) is 1.26. The van der Waals surface area contributed by atoms with E-state index in [0.29, 0.717) is 11.4 Å². The number of halogens is 3. The molecule has 0 radical (unpaired) electrons. The van der Waals surface area contributed by atoms with E-state index < -0.39 is 11.6 Å². The zero-order valence-electron chi connectivity index (χ0n) is 12.1. The molecule has 0 unspecified atom stereocenters. The predicted molar refractivity (Wildman–Crippen MR) is 90.3 cm³/mol. The minimum atomic E-state index is -0.973. The SMILES string of the molecule is Nc1c(Nc2ccc(F)c(F)c2)ncnc1Oc1ccc(Br)cc1. The van der Waals surface area contributed by atoms with Gasteiger partial charge < -0.3 is 15.8 Å². The van der Waals surface area contributed by atoms with Crippen molar-refractivity contribution >= 4 is 33.1 Å². The van der Waals surface area contributed by atoms with Crippen molar-refractivity contribution in [3.8, 4) is 11.6 Å². The number of hydrogen-bond acceptors (Lipinski definition) is 5. The van der Waals surface area contributed by atoms with Gasteiger partial charge in [0.15, 0.2) is 17.5 Å². The fourth-order valence-corrected chi connectivity index (χ4v) is 2.15. The van der Waals surface area contributed by atoms with Gasteiger partial charge in [-0.05, 0) is 36.4 Å². The van der Waals surface area contributed by atoms with Gasteiger partial charge in [0.05, 0.1) is 0 Å². The number of nitrogen functional groups attached to an aromatic ring is 1. The number of nitrogens with one attached hydrogen (secondary N) is 1. The van der Waals surface area contributed by atoms with Crippen LogP contribution in [0.25, 0.3) is 0 Å². The molecule has 1 aromatic heterocycles. The Bertz CT molecular complexity index is 874. The zero-order chi connectivity index (χ0) is 17.1. The third-order valence-electron chi connectivity index (χ3n) is 3.06. The number of rotatable bonds is 4. The molecule has 5 nitrogen and oxygen atoms in total. The highest BCUT2D eigenvalue weighted by Crippen LogP contribution is 2.31. The molecular weight excluding hydrogens is 382 g/mol. The van der Waals surface area contributed by atoms with Gasteiger partial charge in [-0.15, -0.1) is 0 Å². The van der Waals surface area contributed by atoms with Crippen LogP contribution in [0.3, 0.4) is 0 Å². The Morgan fingerprint density at radius 2 is 1.75 bits per heavy atom. The Kier molecular flexibility index (Phi) is 4.57. The molecule has 0 atom stereocenters. The molecule has 0 amide bonds. The Labute approximate surface area is 144 Å². The van der Waals surface area contributed by atoms with E-state index in [1.807, 2.05) is 12.1 Å². The van der Waals surface area contributed by atoms with Crippen molar-refractivity contribution in [2.45, 2.75) is 0 Å². The summed E-state index contributed by atoms with van der Waals surface area (Å²) in [5.41, 5.74) is 6.43. The first-order chi connectivity index (χ1) is 11.5. The summed E-state index contributed by atoms with van der Waals surface area (Å²) in [6, 6.07) is 10.5. The Hall–Kier alpha value is -2.74. The molecule has 0 saturated carbocycles. The van der Waals surface area contributed by atoms with Crippen LogP contribution in [0.4, 0.5) is 26.0 Å². The van der Waals surface area contributed by atoms with Gasteiger partial charge in [0.2, 0.25) is 5.88 Å². The molecule has 3 aromatic rings. The maximum atomic E-state index is 13.3. The maximum Gasteiger partial charge on any atom is 0.248 e. The van der Waals surface area contributed by atoms with Crippen LogP contribution in [0.2, 0.25) is 0 Å². The van der Waals surface area contributed by atoms with Crippen molar-refractivity contribution in [1.29, 1.82) is 0 Å². The maximum absolute atomic E-state index is 13.3. The largest absolute Gasteiger partial charge is 0.437 e. The predicted octanol–water partition coefficient (Wildman–Crippen LogP) is 4.64. The summed E-state index contributed by atoms with van der Waals surface area (Å²) in [5, 5.41) is 2.81. The van der Waals surface area contributed by atoms with Crippen molar-refractivity contribution in [3.63, 3.8) is 0 Å². The first-order valence-corrected chi connectivity index (χ1v) is 7.58. The lowest BCUT2D eigenvalue weighted by Crippen LogP contribution is -2.03. The molecule has 122 valence electrons. The molecule has 1 heterocycles. The van der Waals surface area contributed by atoms with Gasteiger partial charge in [0.25, 0.3) is 0 Å². The van der Waals surface area contributed by atoms with Crippen molar-refractivity contribution in [2.75, 3.05) is 11.1 Å². The highest BCUT2D eigenvalue weighted by atomic mass is 79.9. The third kappa shape index (κ3) is 3.60. The number of nitrogens with two attached hydrogens (primary N) is 1. The lowest BCUT2D eigenvalue weighted by molar-refractivity contribution is 0.464. The molecule has 24 heavy (non-hydrogen) atoms. The Balaban J connectivity index is 1.84. The zero-order valence-corrected chi connectivity index (χ0v) is 13.7. The molecule has 0 aliphatic carbocycles. The number of benzene rings is 2. The normalized spacial score (nSPS) is 10.5. The van der Waals surface area contributed by atoms with E-state index in [9.17, 15) is 8.78 Å². The first kappa shape index (κ1) is 16.1. The molecule has 2 aromatic carbocycles. The topological polar surface area (TPSA) is 73.1 Å². The summed E-state index contributed by atoms with van der Waals surface area (Å²) >= 11 is 3.33. The summed E-state index contributed by atoms with van der Waals surface area (Å²) in [4.78, 5) is 7.98. The van der Waals surface area contributed by atoms with Crippen molar-refractivity contribution in [3.05, 3.63) is 64.9 Å². The number of aromatic nitrogens is 2. The second kappa shape index (κ2) is 6.79. The third-order valence-corrected chi connectivity index (χ3v) is 3.59. The average Bonchev–Trinajstić information content (AvgIpc) is 2.57. The van der Waals surface area contributed by atoms with E-state index >= 15 is 0 Å². The number of anilines is 3. The molecule has 3 rings (SSSR count). The van der Waals surface area contributed by atoms with E-state index in [0.717, 1.165) is 16.6 Å². The molecular formula is C16H11BrF2N4O. The Morgan fingerprint density at radius 3 is 2.46 bits per heavy atom. The lowest BCUT2D eigenvalue weighted by Gasteiger charge is -2.12. The van der Waals surface area contributed by atoms with Crippen LogP contribution in [0.5, 0.6) is 11.6 Å². The smallest absolute Gasteiger partial charge is 0.248 e. The monoisotopic (exact) mass is 392 g/mol. The van der Waals surface area contributed by atoms with Gasteiger partial charge in [-0.2, -0.15) is 4.98 Å². The average molecular weight is 393 g/mol. The summed E-state index contributed by atoms with van der Waals surface area (Å²) < 4.78 is 32.8. The fraction of sp³-hybridized carbons (Fsp3) is 0. The van der Waals surface area contributed by atoms with Gasteiger partial charge in [0.1, 0.15) is 17.8 Å². The van der Waals surface area contributed by atoms with Crippen LogP contribution in [-0.4, -0.2) is 9.97 Å². The van der Waals surface area contributed by atoms with Crippen LogP contribution in [-0.2, 0) is 0 Å². The van der Waals surface area contributed by atoms with Crippen molar-refractivity contribution in [2.24, 2.45) is 0 Å². The van der Waals surface area contributed by atoms with E-state index in [4.69, 9.17) is 10.5 Å². The van der Waals surface area contributed by atoms with Crippen molar-refractivity contribution in [1.82, 2.24) is 9.97 Å². The fourth-order valence-electron chi connectivity index (χ4n) is 1.89. The number of ether oxygens (including phenoxy) is 1. The standard InChI is InChI=1S/C16H11BrF2N4O/c17-9-1-4-11(5-2-9)24-16-14(20)15(21-8-22-16)23-10-3-6-12(18)13(19)7-10/h1-8H,20H2,(H,21,22,23). The summed E-state index contributed by atoms with van der Waals surface area (Å²) in [7, 11) is 0. The summed E-state index contributed by atoms with van der Waals surface area (Å²) in [6.45, 7) is 0. The van der Waals surface area contributed by atoms with Crippen LogP contribution in [0.15, 0.2) is 53.3 Å². The van der Waals surface area contributed by atoms with Gasteiger partial charge in [-0.1, -0.05) is 15.9 Å². The molecule has 3 N–H and O–H groups in total. The van der Waals surface area contributed by atoms with Crippen LogP contribution >= 0.6 is 15.9 Å². The lowest BCUT2D eigenvalue weighted by atomic mass is 10.3. The highest BCUT2D eigenvalue weighted by Gasteiger charge is 2.11. The van der Waals surface area contributed by atoms with Crippen LogP contribution in [0.1, 0.15) is 0 Å². The van der Waals surface area contributed by atoms with Crippen molar-refractivity contribution < 1.29 is 13.5 Å². The molecule has 0 aliphatic heterocycles. The quantitative estimate of drug-likeness (QED) is 0.676. The van der Waals surface area contributed by atoms with Crippen LogP contribution < -0.4 is 15.8 Å². The molecule has 0 saturated heterocycles. The molecule has 0 bridgehead atoms. The molecule has 0 aliphatic rings. The number of hydrogen-bond donors (Lipinski definition) is 2. The molecule has 8 heteroatoms. The van der Waals surface area contributed by atoms with E-state index in [2.05, 4.69) is 31.2 Å². The summed E-state index contributed by atoms with van der Waals surface area (Å²) in [5.74, 6) is -0.989. The van der Waals surface area contributed by atoms with Gasteiger partial charge in [-0.3, -0.25) is 0 Å². The highest BCUT2D eigenvalue weighted by molar-refractivity contribution is 9.10. The first-order valence-electron chi connectivity index (χ1n) is 6.79. The van der Waals surface area contributed by atoms with Gasteiger partial charge >= 0.3 is 0 Å². The van der Waals surface area contributed by atoms with Gasteiger partial charge in [-0.25, -0.2) is 13.8 Å². The van der Waals surface area contributed by atoms with E-state index in [1.165, 1.54) is 12.4 Å². The van der Waals surface area contributed by atoms with Gasteiger partial charge in [0, 0.05) is 16.2 Å². The minimum Gasteiger partial charge on any atom is -0.437 e. The van der Waals surface area contributed by atoms with E-state index in [1.54, 1.807) is 12.1 Å². The second-order valence-corrected chi connectivity index (χ2v) is 5.67. The molecule has 0 spiro atoms.